The first-order valence-electron chi connectivity index (χ1n) is 11.7. The number of nitrogens with zero attached hydrogens (tertiary/aromatic N) is 3. The van der Waals surface area contributed by atoms with E-state index in [9.17, 15) is 9.59 Å². The lowest BCUT2D eigenvalue weighted by Crippen LogP contribution is -2.46. The smallest absolute Gasteiger partial charge is 0.409 e. The lowest BCUT2D eigenvalue weighted by Gasteiger charge is -2.32. The first kappa shape index (κ1) is 19.0. The van der Waals surface area contributed by atoms with Crippen molar-refractivity contribution in [3.8, 4) is 11.3 Å². The van der Waals surface area contributed by atoms with Gasteiger partial charge in [0.2, 0.25) is 0 Å². The first-order chi connectivity index (χ1) is 17.0. The molecular weight excluding hydrogens is 434 g/mol. The zero-order chi connectivity index (χ0) is 26.2. The number of aromatic nitrogens is 2. The third kappa shape index (κ3) is 4.38. The van der Waals surface area contributed by atoms with Crippen LogP contribution in [0.2, 0.25) is 0 Å². The van der Waals surface area contributed by atoms with Crippen LogP contribution in [0.1, 0.15) is 25.7 Å². The van der Waals surface area contributed by atoms with Crippen LogP contribution in [0.5, 0.6) is 0 Å². The van der Waals surface area contributed by atoms with Crippen LogP contribution in [0.3, 0.4) is 0 Å². The molecule has 33 heavy (non-hydrogen) atoms. The number of nitrogens with one attached hydrogen (secondary N) is 1. The lowest BCUT2D eigenvalue weighted by molar-refractivity contribution is -0.0241. The second-order valence-electron chi connectivity index (χ2n) is 7.56. The van der Waals surface area contributed by atoms with Gasteiger partial charge in [0.25, 0.3) is 5.91 Å². The molecule has 0 bridgehead atoms. The summed E-state index contributed by atoms with van der Waals surface area (Å²) in [6, 6.07) is 4.54. The summed E-state index contributed by atoms with van der Waals surface area (Å²) in [6.07, 6.45) is 0.506. The maximum atomic E-state index is 15.2. The number of rotatable bonds is 4. The molecule has 1 fully saturated rings. The van der Waals surface area contributed by atoms with Crippen LogP contribution in [-0.2, 0) is 15.9 Å². The highest BCUT2D eigenvalue weighted by atomic mass is 19.1. The van der Waals surface area contributed by atoms with Crippen LogP contribution < -0.4 is 5.32 Å². The number of hydrogen-bond donors (Lipinski definition) is 1. The summed E-state index contributed by atoms with van der Waals surface area (Å²) in [5, 5.41) is 2.32. The van der Waals surface area contributed by atoms with E-state index in [1.807, 2.05) is 0 Å². The highest BCUT2D eigenvalue weighted by molar-refractivity contribution is 5.94. The number of imidazole rings is 1. The van der Waals surface area contributed by atoms with Crippen molar-refractivity contribution in [2.75, 3.05) is 33.9 Å². The van der Waals surface area contributed by atoms with E-state index in [-0.39, 0.29) is 42.0 Å². The highest BCUT2D eigenvalue weighted by Gasteiger charge is 2.29. The van der Waals surface area contributed by atoms with E-state index >= 15 is 8.78 Å². The van der Waals surface area contributed by atoms with Crippen molar-refractivity contribution in [2.45, 2.75) is 19.4 Å². The zero-order valence-corrected chi connectivity index (χ0v) is 18.0. The second-order valence-corrected chi connectivity index (χ2v) is 7.56. The molecule has 1 aliphatic rings. The fraction of sp³-hybridized carbons (Fsp3) is 0.348. The van der Waals surface area contributed by atoms with E-state index < -0.39 is 42.2 Å². The molecule has 0 unspecified atom stereocenters. The summed E-state index contributed by atoms with van der Waals surface area (Å²) < 4.78 is 65.6. The largest absolute Gasteiger partial charge is 0.453 e. The summed E-state index contributed by atoms with van der Waals surface area (Å²) in [5.41, 5.74) is -0.185. The molecule has 0 aliphatic carbocycles. The number of methoxy groups -OCH3 is 1. The number of amides is 2. The van der Waals surface area contributed by atoms with Gasteiger partial charge in [-0.1, -0.05) is 0 Å². The third-order valence-electron chi connectivity index (χ3n) is 5.49. The van der Waals surface area contributed by atoms with Crippen LogP contribution in [-0.4, -0.2) is 66.2 Å². The molecule has 0 spiro atoms. The molecule has 2 amide bonds. The van der Waals surface area contributed by atoms with Gasteiger partial charge in [0.1, 0.15) is 17.3 Å². The molecule has 4 rings (SSSR count). The van der Waals surface area contributed by atoms with Crippen molar-refractivity contribution in [3.05, 3.63) is 58.9 Å². The van der Waals surface area contributed by atoms with Crippen LogP contribution >= 0.6 is 0 Å². The Bertz CT molecular complexity index is 1310. The molecule has 1 N–H and O–H groups in total. The molecule has 8 nitrogen and oxygen atoms in total. The van der Waals surface area contributed by atoms with Gasteiger partial charge in [0.15, 0.2) is 0 Å². The maximum absolute atomic E-state index is 15.2. The van der Waals surface area contributed by atoms with Crippen LogP contribution in [0.15, 0.2) is 30.5 Å². The number of carbonyl (C=O) groups is 2. The molecule has 1 aromatic carbocycles. The van der Waals surface area contributed by atoms with Gasteiger partial charge in [-0.15, -0.1) is 0 Å². The molecule has 2 aromatic heterocycles. The van der Waals surface area contributed by atoms with Crippen molar-refractivity contribution >= 4 is 17.6 Å². The first-order valence-corrected chi connectivity index (χ1v) is 10.2. The Morgan fingerprint density at radius 2 is 2.09 bits per heavy atom. The molecule has 0 radical (unpaired) electrons. The number of halogens is 2. The fourth-order valence-corrected chi connectivity index (χ4v) is 3.92. The van der Waals surface area contributed by atoms with E-state index in [2.05, 4.69) is 10.3 Å². The number of aryl methyl sites for hydroxylation is 1. The molecule has 1 aliphatic heterocycles. The minimum absolute atomic E-state index is 0.0137. The Balaban J connectivity index is 1.84. The van der Waals surface area contributed by atoms with Crippen molar-refractivity contribution in [1.82, 2.24) is 19.6 Å². The van der Waals surface area contributed by atoms with Crippen molar-refractivity contribution in [2.24, 2.45) is 0 Å². The minimum atomic E-state index is -2.41. The van der Waals surface area contributed by atoms with Crippen LogP contribution in [0.25, 0.3) is 16.9 Å². The molecule has 1 saturated heterocycles. The number of fused-ring (bicyclic) bond motifs is 1. The third-order valence-corrected chi connectivity index (χ3v) is 5.49. The average Bonchev–Trinajstić information content (AvgIpc) is 3.19. The van der Waals surface area contributed by atoms with E-state index in [0.29, 0.717) is 12.2 Å². The summed E-state index contributed by atoms with van der Waals surface area (Å²) in [5.74, 6) is -2.67. The van der Waals surface area contributed by atoms with Crippen molar-refractivity contribution in [1.29, 1.82) is 0 Å². The standard InChI is InChI=1S/C23H24F2N4O4/c1-13-4-5-29-18(11-15-12-28(6-7-33-15)23(31)32-3)21(27-19(29)8-13)20-16(24)9-14(10-17(20)25)22(30)26-2/h4-5,8-10,15H,6-7,11-12H2,1-3H3,(H,26,30)/t15-/m0/s1/i1D3. The summed E-state index contributed by atoms with van der Waals surface area (Å²) >= 11 is 0. The van der Waals surface area contributed by atoms with Crippen LogP contribution in [0.4, 0.5) is 13.6 Å². The molecule has 1 atom stereocenters. The highest BCUT2D eigenvalue weighted by Crippen LogP contribution is 2.32. The molecule has 174 valence electrons. The lowest BCUT2D eigenvalue weighted by atomic mass is 10.0. The maximum Gasteiger partial charge on any atom is 0.409 e. The van der Waals surface area contributed by atoms with E-state index in [4.69, 9.17) is 13.6 Å². The average molecular weight is 461 g/mol. The molecule has 3 aromatic rings. The van der Waals surface area contributed by atoms with Crippen molar-refractivity contribution in [3.63, 3.8) is 0 Å². The molecule has 3 heterocycles. The second kappa shape index (κ2) is 9.14. The Hall–Kier alpha value is -3.53. The minimum Gasteiger partial charge on any atom is -0.453 e. The van der Waals surface area contributed by atoms with E-state index in [1.54, 1.807) is 0 Å². The normalized spacial score (nSPS) is 17.9. The Labute approximate surface area is 193 Å². The Kier molecular flexibility index (Phi) is 5.26. The molecule has 0 saturated carbocycles. The number of hydrogen-bond acceptors (Lipinski definition) is 5. The number of carbonyl (C=O) groups excluding carboxylic acids is 2. The van der Waals surface area contributed by atoms with Gasteiger partial charge in [-0.3, -0.25) is 4.79 Å². The number of pyridine rings is 1. The van der Waals surface area contributed by atoms with Gasteiger partial charge in [-0.2, -0.15) is 0 Å². The van der Waals surface area contributed by atoms with Gasteiger partial charge >= 0.3 is 6.09 Å². The summed E-state index contributed by atoms with van der Waals surface area (Å²) in [6.45, 7) is -1.67. The SMILES string of the molecule is [2H]C([2H])([2H])c1ccn2c(C[C@H]3CN(C(=O)OC)CCO3)c(-c3c(F)cc(C(=O)NC)cc3F)nc2c1. The number of ether oxygens (including phenoxy) is 2. The van der Waals surface area contributed by atoms with Crippen molar-refractivity contribution < 1.29 is 32.0 Å². The Morgan fingerprint density at radius 3 is 2.76 bits per heavy atom. The molecular formula is C23H24F2N4O4. The fourth-order valence-electron chi connectivity index (χ4n) is 3.92. The Morgan fingerprint density at radius 1 is 1.33 bits per heavy atom. The van der Waals surface area contributed by atoms with Gasteiger partial charge in [0, 0.05) is 35.9 Å². The topological polar surface area (TPSA) is 85.2 Å². The molecule has 10 heteroatoms. The summed E-state index contributed by atoms with van der Waals surface area (Å²) in [7, 11) is 2.61. The quantitative estimate of drug-likeness (QED) is 0.646. The predicted molar refractivity (Wildman–Crippen MR) is 116 cm³/mol. The van der Waals surface area contributed by atoms with Gasteiger partial charge in [-0.25, -0.2) is 18.6 Å². The van der Waals surface area contributed by atoms with Gasteiger partial charge in [-0.05, 0) is 36.7 Å². The van der Waals surface area contributed by atoms with Crippen LogP contribution in [0, 0.1) is 18.5 Å². The van der Waals surface area contributed by atoms with E-state index in [1.165, 1.54) is 41.8 Å². The monoisotopic (exact) mass is 461 g/mol. The number of morpholine rings is 1. The zero-order valence-electron chi connectivity index (χ0n) is 21.0. The number of benzene rings is 1. The van der Waals surface area contributed by atoms with Gasteiger partial charge in [0.05, 0.1) is 43.3 Å². The van der Waals surface area contributed by atoms with Gasteiger partial charge < -0.3 is 24.1 Å². The van der Waals surface area contributed by atoms with E-state index in [0.717, 1.165) is 12.1 Å². The summed E-state index contributed by atoms with van der Waals surface area (Å²) in [4.78, 5) is 29.7. The predicted octanol–water partition coefficient (Wildman–Crippen LogP) is 2.96.